The molecule has 0 unspecified atom stereocenters. The van der Waals surface area contributed by atoms with Crippen molar-refractivity contribution in [1.82, 2.24) is 4.98 Å². The molecule has 0 aliphatic carbocycles. The Morgan fingerprint density at radius 2 is 2.06 bits per heavy atom. The standard InChI is InChI=1S/C13H13FN2O2/c1-17-11-3-2-4-12(6-11)18-13-9(7-15)5-10(14)8-16-13/h2-6,8H,7,15H2,1H3. The zero-order valence-electron chi connectivity index (χ0n) is 9.89. The predicted molar refractivity (Wildman–Crippen MR) is 65.2 cm³/mol. The van der Waals surface area contributed by atoms with E-state index in [1.54, 1.807) is 31.4 Å². The Balaban J connectivity index is 2.27. The van der Waals surface area contributed by atoms with Gasteiger partial charge in [0, 0.05) is 18.2 Å². The van der Waals surface area contributed by atoms with Crippen molar-refractivity contribution in [3.8, 4) is 17.4 Å². The van der Waals surface area contributed by atoms with Crippen molar-refractivity contribution in [2.45, 2.75) is 6.54 Å². The van der Waals surface area contributed by atoms with Gasteiger partial charge in [-0.2, -0.15) is 0 Å². The first kappa shape index (κ1) is 12.3. The van der Waals surface area contributed by atoms with Gasteiger partial charge < -0.3 is 15.2 Å². The van der Waals surface area contributed by atoms with Gasteiger partial charge in [0.25, 0.3) is 0 Å². The summed E-state index contributed by atoms with van der Waals surface area (Å²) >= 11 is 0. The molecule has 0 saturated heterocycles. The van der Waals surface area contributed by atoms with Gasteiger partial charge in [0.15, 0.2) is 0 Å². The lowest BCUT2D eigenvalue weighted by atomic mass is 10.2. The van der Waals surface area contributed by atoms with Crippen LogP contribution in [0.1, 0.15) is 5.56 Å². The van der Waals surface area contributed by atoms with Crippen LogP contribution in [0.4, 0.5) is 4.39 Å². The number of rotatable bonds is 4. The highest BCUT2D eigenvalue weighted by atomic mass is 19.1. The van der Waals surface area contributed by atoms with Crippen molar-refractivity contribution in [3.63, 3.8) is 0 Å². The van der Waals surface area contributed by atoms with E-state index in [1.807, 2.05) is 0 Å². The highest BCUT2D eigenvalue weighted by molar-refractivity contribution is 5.37. The number of benzene rings is 1. The monoisotopic (exact) mass is 248 g/mol. The molecule has 94 valence electrons. The lowest BCUT2D eigenvalue weighted by Gasteiger charge is -2.09. The van der Waals surface area contributed by atoms with Crippen LogP contribution in [0.25, 0.3) is 0 Å². The third kappa shape index (κ3) is 2.75. The Morgan fingerprint density at radius 1 is 1.28 bits per heavy atom. The Hall–Kier alpha value is -2.14. The van der Waals surface area contributed by atoms with Crippen LogP contribution in [0.15, 0.2) is 36.5 Å². The van der Waals surface area contributed by atoms with Crippen molar-refractivity contribution in [2.75, 3.05) is 7.11 Å². The first-order valence-corrected chi connectivity index (χ1v) is 5.39. The van der Waals surface area contributed by atoms with Crippen LogP contribution in [0.3, 0.4) is 0 Å². The van der Waals surface area contributed by atoms with Crippen molar-refractivity contribution in [2.24, 2.45) is 5.73 Å². The van der Waals surface area contributed by atoms with E-state index < -0.39 is 5.82 Å². The number of aromatic nitrogens is 1. The molecule has 18 heavy (non-hydrogen) atoms. The zero-order chi connectivity index (χ0) is 13.0. The molecular weight excluding hydrogens is 235 g/mol. The Bertz CT molecular complexity index is 546. The summed E-state index contributed by atoms with van der Waals surface area (Å²) < 4.78 is 23.6. The molecule has 0 amide bonds. The number of methoxy groups -OCH3 is 1. The molecule has 0 aliphatic heterocycles. The maximum atomic E-state index is 13.0. The molecule has 2 N–H and O–H groups in total. The second-order valence-electron chi connectivity index (χ2n) is 3.60. The quantitative estimate of drug-likeness (QED) is 0.903. The predicted octanol–water partition coefficient (Wildman–Crippen LogP) is 2.48. The van der Waals surface area contributed by atoms with Crippen LogP contribution < -0.4 is 15.2 Å². The molecule has 1 heterocycles. The van der Waals surface area contributed by atoms with Gasteiger partial charge >= 0.3 is 0 Å². The van der Waals surface area contributed by atoms with Crippen molar-refractivity contribution >= 4 is 0 Å². The summed E-state index contributed by atoms with van der Waals surface area (Å²) in [7, 11) is 1.57. The maximum Gasteiger partial charge on any atom is 0.223 e. The van der Waals surface area contributed by atoms with Crippen LogP contribution in [-0.4, -0.2) is 12.1 Å². The number of halogens is 1. The van der Waals surface area contributed by atoms with Crippen molar-refractivity contribution < 1.29 is 13.9 Å². The first-order chi connectivity index (χ1) is 8.72. The van der Waals surface area contributed by atoms with Gasteiger partial charge in [-0.05, 0) is 18.2 Å². The third-order valence-electron chi connectivity index (χ3n) is 2.37. The molecule has 1 aromatic carbocycles. The third-order valence-corrected chi connectivity index (χ3v) is 2.37. The van der Waals surface area contributed by atoms with Gasteiger partial charge in [-0.3, -0.25) is 0 Å². The molecule has 0 aliphatic rings. The fourth-order valence-corrected chi connectivity index (χ4v) is 1.48. The molecule has 0 bridgehead atoms. The van der Waals surface area contributed by atoms with Gasteiger partial charge in [-0.25, -0.2) is 9.37 Å². The lowest BCUT2D eigenvalue weighted by Crippen LogP contribution is -2.02. The molecule has 0 radical (unpaired) electrons. The smallest absolute Gasteiger partial charge is 0.223 e. The second kappa shape index (κ2) is 5.46. The molecule has 2 rings (SSSR count). The number of hydrogen-bond acceptors (Lipinski definition) is 4. The Labute approximate surface area is 104 Å². The number of nitrogens with two attached hydrogens (primary N) is 1. The zero-order valence-corrected chi connectivity index (χ0v) is 9.89. The number of ether oxygens (including phenoxy) is 2. The van der Waals surface area contributed by atoms with E-state index in [0.29, 0.717) is 22.9 Å². The molecular formula is C13H13FN2O2. The molecule has 0 atom stereocenters. The topological polar surface area (TPSA) is 57.4 Å². The van der Waals surface area contributed by atoms with Crippen LogP contribution in [-0.2, 0) is 6.54 Å². The van der Waals surface area contributed by atoms with Crippen molar-refractivity contribution in [3.05, 3.63) is 47.9 Å². The Morgan fingerprint density at radius 3 is 2.78 bits per heavy atom. The van der Waals surface area contributed by atoms with Gasteiger partial charge in [0.2, 0.25) is 5.88 Å². The van der Waals surface area contributed by atoms with E-state index in [-0.39, 0.29) is 6.54 Å². The summed E-state index contributed by atoms with van der Waals surface area (Å²) in [5.41, 5.74) is 6.03. The highest BCUT2D eigenvalue weighted by Crippen LogP contribution is 2.26. The van der Waals surface area contributed by atoms with Gasteiger partial charge in [0.1, 0.15) is 17.3 Å². The van der Waals surface area contributed by atoms with E-state index >= 15 is 0 Å². The van der Waals surface area contributed by atoms with Crippen molar-refractivity contribution in [1.29, 1.82) is 0 Å². The molecule has 0 fully saturated rings. The second-order valence-corrected chi connectivity index (χ2v) is 3.60. The minimum absolute atomic E-state index is 0.157. The largest absolute Gasteiger partial charge is 0.497 e. The number of hydrogen-bond donors (Lipinski definition) is 1. The lowest BCUT2D eigenvalue weighted by molar-refractivity contribution is 0.406. The van der Waals surface area contributed by atoms with Crippen LogP contribution in [0, 0.1) is 5.82 Å². The number of pyridine rings is 1. The molecule has 1 aromatic heterocycles. The average molecular weight is 248 g/mol. The molecule has 4 nitrogen and oxygen atoms in total. The van der Waals surface area contributed by atoms with E-state index in [2.05, 4.69) is 4.98 Å². The summed E-state index contributed by atoms with van der Waals surface area (Å²) in [6, 6.07) is 8.37. The van der Waals surface area contributed by atoms with E-state index in [4.69, 9.17) is 15.2 Å². The molecule has 2 aromatic rings. The fraction of sp³-hybridized carbons (Fsp3) is 0.154. The van der Waals surface area contributed by atoms with Crippen LogP contribution in [0.2, 0.25) is 0 Å². The van der Waals surface area contributed by atoms with Gasteiger partial charge in [0.05, 0.1) is 13.3 Å². The molecule has 5 heteroatoms. The minimum atomic E-state index is -0.437. The fourth-order valence-electron chi connectivity index (χ4n) is 1.48. The van der Waals surface area contributed by atoms with E-state index in [1.165, 1.54) is 6.07 Å². The first-order valence-electron chi connectivity index (χ1n) is 5.39. The SMILES string of the molecule is COc1cccc(Oc2ncc(F)cc2CN)c1. The number of nitrogens with zero attached hydrogens (tertiary/aromatic N) is 1. The minimum Gasteiger partial charge on any atom is -0.497 e. The summed E-state index contributed by atoms with van der Waals surface area (Å²) in [4.78, 5) is 3.88. The maximum absolute atomic E-state index is 13.0. The summed E-state index contributed by atoms with van der Waals surface area (Å²) in [6.45, 7) is 0.157. The summed E-state index contributed by atoms with van der Waals surface area (Å²) in [5, 5.41) is 0. The molecule has 0 saturated carbocycles. The highest BCUT2D eigenvalue weighted by Gasteiger charge is 2.07. The summed E-state index contributed by atoms with van der Waals surface area (Å²) in [5.74, 6) is 1.09. The van der Waals surface area contributed by atoms with Gasteiger partial charge in [-0.1, -0.05) is 6.07 Å². The molecule has 0 spiro atoms. The van der Waals surface area contributed by atoms with Crippen LogP contribution in [0.5, 0.6) is 17.4 Å². The summed E-state index contributed by atoms with van der Waals surface area (Å²) in [6.07, 6.45) is 1.09. The van der Waals surface area contributed by atoms with E-state index in [9.17, 15) is 4.39 Å². The average Bonchev–Trinajstić information content (AvgIpc) is 2.41. The van der Waals surface area contributed by atoms with Gasteiger partial charge in [-0.15, -0.1) is 0 Å². The van der Waals surface area contributed by atoms with E-state index in [0.717, 1.165) is 6.20 Å². The van der Waals surface area contributed by atoms with Crippen LogP contribution >= 0.6 is 0 Å². The Kier molecular flexibility index (Phi) is 3.74. The normalized spacial score (nSPS) is 10.2.